The molecule has 1 aromatic heterocycles. The lowest BCUT2D eigenvalue weighted by molar-refractivity contribution is 0.313. The molecule has 0 saturated carbocycles. The molecule has 1 heterocycles. The Hall–Kier alpha value is -2.01. The highest BCUT2D eigenvalue weighted by atomic mass is 35.5. The van der Waals surface area contributed by atoms with Gasteiger partial charge in [-0.2, -0.15) is 0 Å². The van der Waals surface area contributed by atoms with Crippen molar-refractivity contribution < 1.29 is 9.15 Å². The quantitative estimate of drug-likeness (QED) is 0.504. The van der Waals surface area contributed by atoms with E-state index in [1.54, 1.807) is 18.2 Å². The van der Waals surface area contributed by atoms with E-state index in [2.05, 4.69) is 5.32 Å². The fourth-order valence-electron chi connectivity index (χ4n) is 2.49. The lowest BCUT2D eigenvalue weighted by Crippen LogP contribution is -2.21. The molecular formula is C19H17Cl2NO3. The molecule has 0 atom stereocenters. The molecule has 2 aromatic carbocycles. The van der Waals surface area contributed by atoms with E-state index in [-0.39, 0.29) is 5.63 Å². The van der Waals surface area contributed by atoms with Crippen molar-refractivity contribution in [1.29, 1.82) is 0 Å². The van der Waals surface area contributed by atoms with Crippen molar-refractivity contribution >= 4 is 34.2 Å². The Kier molecular flexibility index (Phi) is 5.63. The van der Waals surface area contributed by atoms with Crippen LogP contribution in [0.2, 0.25) is 10.0 Å². The number of hydrogen-bond donors (Lipinski definition) is 1. The normalized spacial score (nSPS) is 11.0. The van der Waals surface area contributed by atoms with E-state index < -0.39 is 0 Å². The summed E-state index contributed by atoms with van der Waals surface area (Å²) >= 11 is 12.0. The van der Waals surface area contributed by atoms with Crippen molar-refractivity contribution in [2.24, 2.45) is 0 Å². The number of fused-ring (bicyclic) bond motifs is 1. The van der Waals surface area contributed by atoms with Gasteiger partial charge in [0.2, 0.25) is 0 Å². The molecule has 0 unspecified atom stereocenters. The standard InChI is InChI=1S/C19H17Cl2NO3/c1-12-8-18-16(10-17(12)21)13(9-19(23)25-18)11-22-6-7-24-15-4-2-14(20)3-5-15/h2-5,8-10,22H,6-7,11H2,1H3. The maximum atomic E-state index is 11.7. The fourth-order valence-corrected chi connectivity index (χ4v) is 2.78. The van der Waals surface area contributed by atoms with Gasteiger partial charge in [-0.3, -0.25) is 0 Å². The molecule has 0 fully saturated rings. The SMILES string of the molecule is Cc1cc2oc(=O)cc(CNCCOc3ccc(Cl)cc3)c2cc1Cl. The molecule has 0 amide bonds. The van der Waals surface area contributed by atoms with Gasteiger partial charge in [0, 0.05) is 34.6 Å². The van der Waals surface area contributed by atoms with E-state index in [9.17, 15) is 4.79 Å². The van der Waals surface area contributed by atoms with E-state index in [0.29, 0.717) is 35.3 Å². The molecular weight excluding hydrogens is 361 g/mol. The van der Waals surface area contributed by atoms with Crippen LogP contribution >= 0.6 is 23.2 Å². The highest BCUT2D eigenvalue weighted by Gasteiger charge is 2.08. The van der Waals surface area contributed by atoms with Gasteiger partial charge in [0.05, 0.1) is 0 Å². The maximum absolute atomic E-state index is 11.7. The smallest absolute Gasteiger partial charge is 0.336 e. The van der Waals surface area contributed by atoms with E-state index in [1.165, 1.54) is 6.07 Å². The van der Waals surface area contributed by atoms with Crippen LogP contribution < -0.4 is 15.7 Å². The maximum Gasteiger partial charge on any atom is 0.336 e. The number of hydrogen-bond acceptors (Lipinski definition) is 4. The van der Waals surface area contributed by atoms with Gasteiger partial charge in [-0.1, -0.05) is 23.2 Å². The average molecular weight is 378 g/mol. The Morgan fingerprint density at radius 2 is 1.88 bits per heavy atom. The first-order chi connectivity index (χ1) is 12.0. The first-order valence-electron chi connectivity index (χ1n) is 7.85. The molecule has 0 bridgehead atoms. The molecule has 130 valence electrons. The zero-order valence-corrected chi connectivity index (χ0v) is 15.2. The molecule has 0 aliphatic heterocycles. The highest BCUT2D eigenvalue weighted by molar-refractivity contribution is 6.32. The third kappa shape index (κ3) is 4.54. The fraction of sp³-hybridized carbons (Fsp3) is 0.211. The predicted molar refractivity (Wildman–Crippen MR) is 101 cm³/mol. The Bertz CT molecular complexity index is 936. The summed E-state index contributed by atoms with van der Waals surface area (Å²) in [5.74, 6) is 0.763. The molecule has 6 heteroatoms. The Morgan fingerprint density at radius 3 is 2.64 bits per heavy atom. The number of rotatable bonds is 6. The zero-order chi connectivity index (χ0) is 17.8. The largest absolute Gasteiger partial charge is 0.492 e. The first-order valence-corrected chi connectivity index (χ1v) is 8.60. The number of aryl methyl sites for hydroxylation is 1. The van der Waals surface area contributed by atoms with Gasteiger partial charge in [0.25, 0.3) is 0 Å². The van der Waals surface area contributed by atoms with E-state index in [1.807, 2.05) is 25.1 Å². The predicted octanol–water partition coefficient (Wildman–Crippen LogP) is 4.58. The first kappa shape index (κ1) is 17.8. The highest BCUT2D eigenvalue weighted by Crippen LogP contribution is 2.25. The minimum Gasteiger partial charge on any atom is -0.492 e. The summed E-state index contributed by atoms with van der Waals surface area (Å²) in [6, 6.07) is 12.3. The molecule has 0 aliphatic carbocycles. The van der Waals surface area contributed by atoms with Gasteiger partial charge in [-0.15, -0.1) is 0 Å². The summed E-state index contributed by atoms with van der Waals surface area (Å²) in [7, 11) is 0. The van der Waals surface area contributed by atoms with Crippen LogP contribution in [-0.2, 0) is 6.54 Å². The zero-order valence-electron chi connectivity index (χ0n) is 13.6. The molecule has 3 rings (SSSR count). The van der Waals surface area contributed by atoms with Crippen molar-refractivity contribution in [2.75, 3.05) is 13.2 Å². The summed E-state index contributed by atoms with van der Waals surface area (Å²) in [6.07, 6.45) is 0. The van der Waals surface area contributed by atoms with Crippen molar-refractivity contribution in [2.45, 2.75) is 13.5 Å². The molecule has 3 aromatic rings. The second kappa shape index (κ2) is 7.91. The van der Waals surface area contributed by atoms with Crippen LogP contribution in [0.3, 0.4) is 0 Å². The van der Waals surface area contributed by atoms with Crippen molar-refractivity contribution in [3.05, 3.63) is 74.1 Å². The van der Waals surface area contributed by atoms with Crippen LogP contribution in [0, 0.1) is 6.92 Å². The summed E-state index contributed by atoms with van der Waals surface area (Å²) in [5, 5.41) is 5.42. The van der Waals surface area contributed by atoms with Gasteiger partial charge in [-0.25, -0.2) is 4.79 Å². The minimum absolute atomic E-state index is 0.372. The summed E-state index contributed by atoms with van der Waals surface area (Å²) < 4.78 is 10.9. The molecule has 0 aliphatic rings. The number of nitrogens with one attached hydrogen (secondary N) is 1. The number of benzene rings is 2. The van der Waals surface area contributed by atoms with Crippen LogP contribution in [0.25, 0.3) is 11.0 Å². The Balaban J connectivity index is 1.62. The second-order valence-corrected chi connectivity index (χ2v) is 6.51. The molecule has 0 spiro atoms. The molecule has 4 nitrogen and oxygen atoms in total. The van der Waals surface area contributed by atoms with E-state index in [0.717, 1.165) is 22.3 Å². The molecule has 0 radical (unpaired) electrons. The summed E-state index contributed by atoms with van der Waals surface area (Å²) in [5.41, 5.74) is 1.89. The van der Waals surface area contributed by atoms with E-state index >= 15 is 0 Å². The molecule has 1 N–H and O–H groups in total. The van der Waals surface area contributed by atoms with Crippen LogP contribution in [0.15, 0.2) is 51.7 Å². The Labute approximate surface area is 155 Å². The average Bonchev–Trinajstić information content (AvgIpc) is 2.58. The third-order valence-corrected chi connectivity index (χ3v) is 4.45. The van der Waals surface area contributed by atoms with Gasteiger partial charge in [0.1, 0.15) is 17.9 Å². The summed E-state index contributed by atoms with van der Waals surface area (Å²) in [4.78, 5) is 11.7. The number of ether oxygens (including phenoxy) is 1. The van der Waals surface area contributed by atoms with Gasteiger partial charge >= 0.3 is 5.63 Å². The minimum atomic E-state index is -0.372. The topological polar surface area (TPSA) is 51.5 Å². The molecule has 0 saturated heterocycles. The van der Waals surface area contributed by atoms with Crippen LogP contribution in [0.4, 0.5) is 0 Å². The van der Waals surface area contributed by atoms with E-state index in [4.69, 9.17) is 32.4 Å². The van der Waals surface area contributed by atoms with Crippen LogP contribution in [0.5, 0.6) is 5.75 Å². The monoisotopic (exact) mass is 377 g/mol. The van der Waals surface area contributed by atoms with Crippen molar-refractivity contribution in [3.8, 4) is 5.75 Å². The summed E-state index contributed by atoms with van der Waals surface area (Å²) in [6.45, 7) is 3.52. The lowest BCUT2D eigenvalue weighted by Gasteiger charge is -2.10. The van der Waals surface area contributed by atoms with Crippen LogP contribution in [0.1, 0.15) is 11.1 Å². The van der Waals surface area contributed by atoms with Crippen LogP contribution in [-0.4, -0.2) is 13.2 Å². The van der Waals surface area contributed by atoms with Gasteiger partial charge < -0.3 is 14.5 Å². The Morgan fingerprint density at radius 1 is 1.12 bits per heavy atom. The van der Waals surface area contributed by atoms with Gasteiger partial charge in [0.15, 0.2) is 0 Å². The van der Waals surface area contributed by atoms with Crippen molar-refractivity contribution in [1.82, 2.24) is 5.32 Å². The number of halogens is 2. The second-order valence-electron chi connectivity index (χ2n) is 5.67. The lowest BCUT2D eigenvalue weighted by atomic mass is 10.1. The van der Waals surface area contributed by atoms with Crippen molar-refractivity contribution in [3.63, 3.8) is 0 Å². The van der Waals surface area contributed by atoms with Gasteiger partial charge in [-0.05, 0) is 54.4 Å². The third-order valence-electron chi connectivity index (χ3n) is 3.79. The molecule has 25 heavy (non-hydrogen) atoms.